The SMILES string of the molecule is CC(=O)C1CCCCN1Cc1nonc1C. The van der Waals surface area contributed by atoms with Gasteiger partial charge in [-0.25, -0.2) is 4.63 Å². The van der Waals surface area contributed by atoms with Gasteiger partial charge in [-0.1, -0.05) is 16.7 Å². The predicted molar refractivity (Wildman–Crippen MR) is 57.8 cm³/mol. The van der Waals surface area contributed by atoms with E-state index in [0.717, 1.165) is 37.2 Å². The molecule has 0 bridgehead atoms. The van der Waals surface area contributed by atoms with E-state index < -0.39 is 0 Å². The number of carbonyl (C=O) groups excluding carboxylic acids is 1. The highest BCUT2D eigenvalue weighted by Gasteiger charge is 2.27. The summed E-state index contributed by atoms with van der Waals surface area (Å²) >= 11 is 0. The molecule has 1 aliphatic heterocycles. The van der Waals surface area contributed by atoms with Crippen LogP contribution in [0.5, 0.6) is 0 Å². The maximum Gasteiger partial charge on any atom is 0.146 e. The molecule has 0 N–H and O–H groups in total. The first kappa shape index (κ1) is 11.3. The van der Waals surface area contributed by atoms with Crippen molar-refractivity contribution in [3.8, 4) is 0 Å². The van der Waals surface area contributed by atoms with E-state index in [1.54, 1.807) is 6.92 Å². The number of carbonyl (C=O) groups is 1. The molecule has 16 heavy (non-hydrogen) atoms. The smallest absolute Gasteiger partial charge is 0.146 e. The van der Waals surface area contributed by atoms with Crippen LogP contribution in [0, 0.1) is 6.92 Å². The van der Waals surface area contributed by atoms with E-state index in [0.29, 0.717) is 6.54 Å². The second-order valence-corrected chi connectivity index (χ2v) is 4.39. The molecule has 2 rings (SSSR count). The Bertz CT molecular complexity index is 375. The molecule has 1 unspecified atom stereocenters. The number of aromatic nitrogens is 2. The molecule has 0 spiro atoms. The first-order valence-corrected chi connectivity index (χ1v) is 5.71. The Morgan fingerprint density at radius 2 is 2.31 bits per heavy atom. The number of piperidine rings is 1. The molecular formula is C11H17N3O2. The summed E-state index contributed by atoms with van der Waals surface area (Å²) in [5.74, 6) is 0.244. The van der Waals surface area contributed by atoms with Crippen LogP contribution in [0.15, 0.2) is 4.63 Å². The minimum atomic E-state index is 0.0462. The second kappa shape index (κ2) is 4.74. The first-order chi connectivity index (χ1) is 7.68. The Morgan fingerprint density at radius 3 is 2.94 bits per heavy atom. The molecule has 1 aliphatic rings. The summed E-state index contributed by atoms with van der Waals surface area (Å²) in [6.45, 7) is 5.16. The van der Waals surface area contributed by atoms with Crippen LogP contribution in [-0.4, -0.2) is 33.6 Å². The van der Waals surface area contributed by atoms with E-state index in [9.17, 15) is 4.79 Å². The molecular weight excluding hydrogens is 206 g/mol. The lowest BCUT2D eigenvalue weighted by Gasteiger charge is -2.33. The number of hydrogen-bond acceptors (Lipinski definition) is 5. The van der Waals surface area contributed by atoms with Crippen molar-refractivity contribution in [2.75, 3.05) is 6.54 Å². The lowest BCUT2D eigenvalue weighted by molar-refractivity contribution is -0.123. The summed E-state index contributed by atoms with van der Waals surface area (Å²) in [6.07, 6.45) is 3.24. The number of ketones is 1. The van der Waals surface area contributed by atoms with Crippen molar-refractivity contribution in [2.45, 2.75) is 45.7 Å². The molecule has 0 aromatic carbocycles. The molecule has 0 saturated carbocycles. The van der Waals surface area contributed by atoms with Gasteiger partial charge in [-0.05, 0) is 33.2 Å². The van der Waals surface area contributed by atoms with Gasteiger partial charge in [-0.2, -0.15) is 0 Å². The van der Waals surface area contributed by atoms with E-state index in [1.165, 1.54) is 0 Å². The standard InChI is InChI=1S/C11H17N3O2/c1-8-10(13-16-12-8)7-14-6-4-3-5-11(14)9(2)15/h11H,3-7H2,1-2H3. The van der Waals surface area contributed by atoms with Gasteiger partial charge < -0.3 is 0 Å². The summed E-state index contributed by atoms with van der Waals surface area (Å²) in [5, 5.41) is 7.62. The van der Waals surface area contributed by atoms with Gasteiger partial charge >= 0.3 is 0 Å². The molecule has 0 radical (unpaired) electrons. The average Bonchev–Trinajstić information content (AvgIpc) is 2.65. The summed E-state index contributed by atoms with van der Waals surface area (Å²) in [5.41, 5.74) is 1.65. The minimum Gasteiger partial charge on any atom is -0.298 e. The van der Waals surface area contributed by atoms with Gasteiger partial charge in [0.25, 0.3) is 0 Å². The first-order valence-electron chi connectivity index (χ1n) is 5.71. The van der Waals surface area contributed by atoms with Gasteiger partial charge in [-0.3, -0.25) is 9.69 Å². The predicted octanol–water partition coefficient (Wildman–Crippen LogP) is 1.32. The van der Waals surface area contributed by atoms with Gasteiger partial charge in [0.15, 0.2) is 0 Å². The third kappa shape index (κ3) is 2.29. The maximum absolute atomic E-state index is 11.5. The Hall–Kier alpha value is -1.23. The van der Waals surface area contributed by atoms with Crippen molar-refractivity contribution in [1.29, 1.82) is 0 Å². The van der Waals surface area contributed by atoms with Crippen molar-refractivity contribution in [3.63, 3.8) is 0 Å². The van der Waals surface area contributed by atoms with Crippen molar-refractivity contribution < 1.29 is 9.42 Å². The fourth-order valence-electron chi connectivity index (χ4n) is 2.23. The van der Waals surface area contributed by atoms with Crippen LogP contribution in [0.4, 0.5) is 0 Å². The Labute approximate surface area is 94.8 Å². The number of hydrogen-bond donors (Lipinski definition) is 0. The highest BCUT2D eigenvalue weighted by atomic mass is 16.6. The maximum atomic E-state index is 11.5. The lowest BCUT2D eigenvalue weighted by atomic mass is 9.99. The highest BCUT2D eigenvalue weighted by Crippen LogP contribution is 2.20. The van der Waals surface area contributed by atoms with Crippen molar-refractivity contribution in [2.24, 2.45) is 0 Å². The zero-order chi connectivity index (χ0) is 11.5. The van der Waals surface area contributed by atoms with E-state index in [1.807, 2.05) is 6.92 Å². The molecule has 1 saturated heterocycles. The normalized spacial score (nSPS) is 22.2. The van der Waals surface area contributed by atoms with Crippen LogP contribution in [0.1, 0.15) is 37.6 Å². The largest absolute Gasteiger partial charge is 0.298 e. The van der Waals surface area contributed by atoms with Crippen LogP contribution >= 0.6 is 0 Å². The van der Waals surface area contributed by atoms with E-state index in [-0.39, 0.29) is 11.8 Å². The summed E-state index contributed by atoms with van der Waals surface area (Å²) in [4.78, 5) is 13.7. The summed E-state index contributed by atoms with van der Waals surface area (Å²) in [6, 6.07) is 0.0462. The monoisotopic (exact) mass is 223 g/mol. The zero-order valence-corrected chi connectivity index (χ0v) is 9.77. The van der Waals surface area contributed by atoms with Crippen molar-refractivity contribution in [1.82, 2.24) is 15.2 Å². The Balaban J connectivity index is 2.07. The number of aryl methyl sites for hydroxylation is 1. The van der Waals surface area contributed by atoms with E-state index in [2.05, 4.69) is 19.8 Å². The third-order valence-electron chi connectivity index (χ3n) is 3.18. The minimum absolute atomic E-state index is 0.0462. The molecule has 1 aromatic heterocycles. The molecule has 0 amide bonds. The molecule has 5 heteroatoms. The second-order valence-electron chi connectivity index (χ2n) is 4.39. The molecule has 1 fully saturated rings. The van der Waals surface area contributed by atoms with E-state index >= 15 is 0 Å². The summed E-state index contributed by atoms with van der Waals surface area (Å²) in [7, 11) is 0. The lowest BCUT2D eigenvalue weighted by Crippen LogP contribution is -2.43. The number of nitrogens with zero attached hydrogens (tertiary/aromatic N) is 3. The molecule has 1 aromatic rings. The van der Waals surface area contributed by atoms with Gasteiger partial charge in [-0.15, -0.1) is 0 Å². The van der Waals surface area contributed by atoms with Gasteiger partial charge in [0.05, 0.1) is 6.04 Å². The molecule has 5 nitrogen and oxygen atoms in total. The molecule has 0 aliphatic carbocycles. The third-order valence-corrected chi connectivity index (χ3v) is 3.18. The number of likely N-dealkylation sites (tertiary alicyclic amines) is 1. The quantitative estimate of drug-likeness (QED) is 0.773. The summed E-state index contributed by atoms with van der Waals surface area (Å²) < 4.78 is 4.67. The van der Waals surface area contributed by atoms with Crippen LogP contribution in [-0.2, 0) is 11.3 Å². The molecule has 2 heterocycles. The number of rotatable bonds is 3. The van der Waals surface area contributed by atoms with Crippen molar-refractivity contribution >= 4 is 5.78 Å². The zero-order valence-electron chi connectivity index (χ0n) is 9.77. The fourth-order valence-corrected chi connectivity index (χ4v) is 2.23. The molecule has 1 atom stereocenters. The fraction of sp³-hybridized carbons (Fsp3) is 0.727. The van der Waals surface area contributed by atoms with E-state index in [4.69, 9.17) is 0 Å². The van der Waals surface area contributed by atoms with Crippen molar-refractivity contribution in [3.05, 3.63) is 11.4 Å². The van der Waals surface area contributed by atoms with Gasteiger partial charge in [0.2, 0.25) is 0 Å². The molecule has 88 valence electrons. The van der Waals surface area contributed by atoms with Crippen LogP contribution in [0.25, 0.3) is 0 Å². The van der Waals surface area contributed by atoms with Crippen LogP contribution in [0.2, 0.25) is 0 Å². The Kier molecular flexibility index (Phi) is 3.33. The Morgan fingerprint density at radius 1 is 1.50 bits per heavy atom. The highest BCUT2D eigenvalue weighted by molar-refractivity contribution is 5.81. The number of Topliss-reactive ketones (excluding diaryl/α,β-unsaturated/α-hetero) is 1. The topological polar surface area (TPSA) is 59.2 Å². The van der Waals surface area contributed by atoms with Gasteiger partial charge in [0, 0.05) is 6.54 Å². The van der Waals surface area contributed by atoms with Gasteiger partial charge in [0.1, 0.15) is 17.2 Å². The van der Waals surface area contributed by atoms with Crippen LogP contribution < -0.4 is 0 Å². The van der Waals surface area contributed by atoms with Crippen LogP contribution in [0.3, 0.4) is 0 Å². The average molecular weight is 223 g/mol.